The van der Waals surface area contributed by atoms with Gasteiger partial charge in [0, 0.05) is 24.4 Å². The Hall–Kier alpha value is -0.870. The molecule has 4 saturated carbocycles. The van der Waals surface area contributed by atoms with E-state index < -0.39 is 28.3 Å². The summed E-state index contributed by atoms with van der Waals surface area (Å²) < 4.78 is 14.1. The number of aliphatic hydroxyl groups is 3. The van der Waals surface area contributed by atoms with E-state index in [0.717, 1.165) is 94.7 Å². The minimum absolute atomic E-state index is 0.0658. The lowest BCUT2D eigenvalue weighted by atomic mass is 9.39. The summed E-state index contributed by atoms with van der Waals surface area (Å²) in [6.45, 7) is 12.9. The van der Waals surface area contributed by atoms with Crippen LogP contribution < -0.4 is 11.1 Å². The number of piperidine rings is 1. The third-order valence-corrected chi connectivity index (χ3v) is 19.2. The average Bonchev–Trinajstić information content (AvgIpc) is 3.93. The molecule has 15 atom stereocenters. The molecule has 3 heterocycles. The van der Waals surface area contributed by atoms with Crippen LogP contribution in [0.15, 0.2) is 11.1 Å². The standard InChI is InChI=1S/C46H74N2O6/c1-27-17-22-53-45(26-27,40-39(54-40)43(5,51)41(2,3)18-13-28-16-21-48-36(47)23-28)35-24-30-11-12-32-37-33(15-19-42(35,4)46(30,37)52)44(29-9-7-6-8-10-29)20-14-31(49)25-34(44)38(32)50/h27-31,33-36,39-40,48-49,51-52H,6-26,47H2,1-5H3/p+1. The van der Waals surface area contributed by atoms with Crippen LogP contribution in [-0.4, -0.2) is 75.5 Å². The maximum atomic E-state index is 15.0. The Bertz CT molecular complexity index is 1510. The van der Waals surface area contributed by atoms with Crippen LogP contribution in [0.1, 0.15) is 157 Å². The summed E-state index contributed by atoms with van der Waals surface area (Å²) in [5, 5.41) is 39.7. The molecule has 3 saturated heterocycles. The van der Waals surface area contributed by atoms with Crippen LogP contribution in [-0.2, 0) is 14.3 Å². The molecule has 0 aromatic rings. The van der Waals surface area contributed by atoms with Crippen LogP contribution in [0.3, 0.4) is 0 Å². The van der Waals surface area contributed by atoms with E-state index in [1.807, 2.05) is 6.92 Å². The predicted molar refractivity (Wildman–Crippen MR) is 208 cm³/mol. The van der Waals surface area contributed by atoms with Gasteiger partial charge < -0.3 is 30.1 Å². The van der Waals surface area contributed by atoms with Gasteiger partial charge in [0.1, 0.15) is 24.0 Å². The first kappa shape index (κ1) is 38.6. The molecule has 0 amide bonds. The number of allylic oxidation sites excluding steroid dienone is 1. The lowest BCUT2D eigenvalue weighted by Crippen LogP contribution is -2.94. The molecule has 7 fully saturated rings. The molecule has 8 nitrogen and oxygen atoms in total. The van der Waals surface area contributed by atoms with E-state index in [1.54, 1.807) is 0 Å². The van der Waals surface area contributed by atoms with Gasteiger partial charge in [-0.3, -0.25) is 10.5 Å². The number of nitrogens with two attached hydrogens (primary N) is 2. The number of hydrogen-bond acceptors (Lipinski definition) is 7. The summed E-state index contributed by atoms with van der Waals surface area (Å²) in [5.74, 6) is 2.09. The van der Waals surface area contributed by atoms with Gasteiger partial charge in [0.2, 0.25) is 0 Å². The van der Waals surface area contributed by atoms with Crippen LogP contribution in [0, 0.1) is 57.7 Å². The quantitative estimate of drug-likeness (QED) is 0.194. The molecular formula is C46H75N2O6+. The maximum absolute atomic E-state index is 15.0. The highest BCUT2D eigenvalue weighted by Crippen LogP contribution is 2.76. The fraction of sp³-hybridized carbons (Fsp3) is 0.935. The van der Waals surface area contributed by atoms with Crippen molar-refractivity contribution < 1.29 is 34.9 Å². The Labute approximate surface area is 325 Å². The molecule has 304 valence electrons. The summed E-state index contributed by atoms with van der Waals surface area (Å²) in [4.78, 5) is 15.0. The number of quaternary nitrogens is 1. The van der Waals surface area contributed by atoms with Crippen molar-refractivity contribution in [2.75, 3.05) is 13.2 Å². The second-order valence-corrected chi connectivity index (χ2v) is 22.0. The third kappa shape index (κ3) is 5.41. The number of fused-ring (bicyclic) bond motifs is 2. The summed E-state index contributed by atoms with van der Waals surface area (Å²) in [7, 11) is 0. The molecule has 9 aliphatic rings. The van der Waals surface area contributed by atoms with Gasteiger partial charge in [-0.2, -0.15) is 0 Å². The van der Waals surface area contributed by atoms with E-state index >= 15 is 0 Å². The molecule has 3 aliphatic heterocycles. The molecule has 7 N–H and O–H groups in total. The zero-order chi connectivity index (χ0) is 38.1. The summed E-state index contributed by atoms with van der Waals surface area (Å²) in [5.41, 5.74) is 4.76. The summed E-state index contributed by atoms with van der Waals surface area (Å²) in [6.07, 6.45) is 18.1. The van der Waals surface area contributed by atoms with Crippen LogP contribution >= 0.6 is 0 Å². The lowest BCUT2D eigenvalue weighted by Gasteiger charge is -2.66. The Morgan fingerprint density at radius 1 is 0.944 bits per heavy atom. The molecule has 15 unspecified atom stereocenters. The maximum Gasteiger partial charge on any atom is 0.162 e. The Balaban J connectivity index is 1.06. The van der Waals surface area contributed by atoms with E-state index in [9.17, 15) is 20.1 Å². The third-order valence-electron chi connectivity index (χ3n) is 19.2. The molecule has 0 spiro atoms. The topological polar surface area (TPSA) is 142 Å². The number of epoxide rings is 1. The zero-order valence-electron chi connectivity index (χ0n) is 34.4. The molecular weight excluding hydrogens is 677 g/mol. The van der Waals surface area contributed by atoms with Crippen molar-refractivity contribution in [2.45, 2.75) is 198 Å². The highest BCUT2D eigenvalue weighted by atomic mass is 16.6. The first-order chi connectivity index (χ1) is 25.6. The second-order valence-electron chi connectivity index (χ2n) is 22.0. The van der Waals surface area contributed by atoms with Crippen molar-refractivity contribution in [3.05, 3.63) is 11.1 Å². The van der Waals surface area contributed by atoms with E-state index in [2.05, 4.69) is 33.0 Å². The van der Waals surface area contributed by atoms with Crippen molar-refractivity contribution in [3.63, 3.8) is 0 Å². The van der Waals surface area contributed by atoms with Crippen LogP contribution in [0.4, 0.5) is 0 Å². The number of ketones is 1. The molecule has 8 heteroatoms. The van der Waals surface area contributed by atoms with Crippen LogP contribution in [0.5, 0.6) is 0 Å². The second kappa shape index (κ2) is 13.3. The highest BCUT2D eigenvalue weighted by molar-refractivity contribution is 6.00. The average molecular weight is 752 g/mol. The van der Waals surface area contributed by atoms with Crippen LogP contribution in [0.2, 0.25) is 0 Å². The first-order valence-corrected chi connectivity index (χ1v) is 22.9. The normalized spacial score (nSPS) is 50.6. The molecule has 0 radical (unpaired) electrons. The minimum atomic E-state index is -1.05. The van der Waals surface area contributed by atoms with Gasteiger partial charge >= 0.3 is 0 Å². The number of rotatable bonds is 8. The van der Waals surface area contributed by atoms with Gasteiger partial charge in [-0.25, -0.2) is 0 Å². The molecule has 0 aromatic heterocycles. The summed E-state index contributed by atoms with van der Waals surface area (Å²) in [6, 6.07) is 0. The fourth-order valence-corrected chi connectivity index (χ4v) is 15.9. The molecule has 0 bridgehead atoms. The number of ether oxygens (including phenoxy) is 2. The zero-order valence-corrected chi connectivity index (χ0v) is 34.4. The van der Waals surface area contributed by atoms with Crippen LogP contribution in [0.25, 0.3) is 0 Å². The molecule has 9 rings (SSSR count). The Morgan fingerprint density at radius 3 is 2.46 bits per heavy atom. The van der Waals surface area contributed by atoms with Gasteiger partial charge in [-0.15, -0.1) is 0 Å². The largest absolute Gasteiger partial charge is 0.393 e. The first-order valence-electron chi connectivity index (χ1n) is 22.9. The number of carbonyl (C=O) groups is 1. The van der Waals surface area contributed by atoms with E-state index in [-0.39, 0.29) is 58.7 Å². The smallest absolute Gasteiger partial charge is 0.162 e. The van der Waals surface area contributed by atoms with E-state index in [0.29, 0.717) is 30.8 Å². The van der Waals surface area contributed by atoms with Gasteiger partial charge in [-0.05, 0) is 161 Å². The predicted octanol–water partition coefficient (Wildman–Crippen LogP) is 5.94. The molecule has 54 heavy (non-hydrogen) atoms. The van der Waals surface area contributed by atoms with Crippen molar-refractivity contribution in [1.82, 2.24) is 0 Å². The number of aliphatic hydroxyl groups excluding tert-OH is 1. The Kier molecular flexibility index (Phi) is 9.53. The number of Topliss-reactive ketones (excluding diaryl/α,β-unsaturated/α-hetero) is 1. The monoisotopic (exact) mass is 752 g/mol. The molecule has 0 aromatic carbocycles. The van der Waals surface area contributed by atoms with E-state index in [1.165, 1.54) is 38.5 Å². The van der Waals surface area contributed by atoms with Gasteiger partial charge in [-0.1, -0.05) is 47.0 Å². The fourth-order valence-electron chi connectivity index (χ4n) is 15.9. The number of carbonyl (C=O) groups excluding carboxylic acids is 1. The molecule has 6 aliphatic carbocycles. The Morgan fingerprint density at radius 2 is 1.72 bits per heavy atom. The van der Waals surface area contributed by atoms with Crippen molar-refractivity contribution in [3.8, 4) is 0 Å². The van der Waals surface area contributed by atoms with Gasteiger partial charge in [0.25, 0.3) is 0 Å². The summed E-state index contributed by atoms with van der Waals surface area (Å²) >= 11 is 0. The van der Waals surface area contributed by atoms with Crippen molar-refractivity contribution in [2.24, 2.45) is 63.4 Å². The highest BCUT2D eigenvalue weighted by Gasteiger charge is 2.78. The van der Waals surface area contributed by atoms with Crippen molar-refractivity contribution >= 4 is 5.78 Å². The SMILES string of the molecule is CC1CCOC(C2OC2C(C)(O)C(C)(C)CCC2CC[NH2+]C(N)C2)(C2CC3CCC4=C5C(CCC2(C)C53O)C2(C3CCCCC3)CCC(O)CC2C4=O)C1. The van der Waals surface area contributed by atoms with Gasteiger partial charge in [0.05, 0.1) is 23.9 Å². The lowest BCUT2D eigenvalue weighted by molar-refractivity contribution is -0.699. The van der Waals surface area contributed by atoms with E-state index in [4.69, 9.17) is 15.2 Å². The van der Waals surface area contributed by atoms with Crippen molar-refractivity contribution in [1.29, 1.82) is 0 Å². The number of hydrogen-bond donors (Lipinski definition) is 5. The minimum Gasteiger partial charge on any atom is -0.393 e. The van der Waals surface area contributed by atoms with Gasteiger partial charge in [0.15, 0.2) is 5.78 Å².